The van der Waals surface area contributed by atoms with Crippen molar-refractivity contribution in [3.63, 3.8) is 0 Å². The minimum absolute atomic E-state index is 0.0320. The number of benzene rings is 1. The van der Waals surface area contributed by atoms with Gasteiger partial charge in [-0.15, -0.1) is 0 Å². The highest BCUT2D eigenvalue weighted by Crippen LogP contribution is 2.61. The van der Waals surface area contributed by atoms with E-state index in [1.165, 1.54) is 19.7 Å². The molecule has 1 heterocycles. The lowest BCUT2D eigenvalue weighted by atomic mass is 9.45. The molecule has 1 aromatic carbocycles. The Bertz CT molecular complexity index is 1160. The molecule has 1 amide bonds. The van der Waals surface area contributed by atoms with Gasteiger partial charge < -0.3 is 15.4 Å². The first kappa shape index (κ1) is 24.3. The number of fused-ring (bicyclic) bond motifs is 2. The van der Waals surface area contributed by atoms with Gasteiger partial charge in [-0.3, -0.25) is 9.59 Å². The number of halogens is 1. The SMILES string of the molecule is COC(=O)c1ccccc1CNC(=O)Cn1ncc(N[C@@H]2C[C@@H]3C[C@H]([C@H]2C)C3(C)C)c(Cl)c1=O. The summed E-state index contributed by atoms with van der Waals surface area (Å²) in [4.78, 5) is 37.1. The zero-order valence-electron chi connectivity index (χ0n) is 19.9. The molecular formula is C25H31ClN4O4. The number of hydrogen-bond donors (Lipinski definition) is 2. The van der Waals surface area contributed by atoms with Crippen LogP contribution < -0.4 is 16.2 Å². The van der Waals surface area contributed by atoms with Gasteiger partial charge in [-0.25, -0.2) is 9.48 Å². The summed E-state index contributed by atoms with van der Waals surface area (Å²) in [7, 11) is 1.30. The maximum atomic E-state index is 12.8. The molecular weight excluding hydrogens is 456 g/mol. The maximum absolute atomic E-state index is 12.8. The molecule has 1 aromatic heterocycles. The second kappa shape index (κ2) is 9.41. The van der Waals surface area contributed by atoms with Gasteiger partial charge in [0.25, 0.3) is 5.56 Å². The molecule has 3 aliphatic rings. The zero-order valence-corrected chi connectivity index (χ0v) is 20.7. The van der Waals surface area contributed by atoms with Crippen LogP contribution in [0, 0.1) is 23.2 Å². The fourth-order valence-electron chi connectivity index (χ4n) is 5.59. The third-order valence-corrected chi connectivity index (χ3v) is 8.24. The highest BCUT2D eigenvalue weighted by atomic mass is 35.5. The molecule has 34 heavy (non-hydrogen) atoms. The van der Waals surface area contributed by atoms with Crippen molar-refractivity contribution in [2.45, 2.75) is 52.7 Å². The van der Waals surface area contributed by atoms with E-state index in [9.17, 15) is 14.4 Å². The van der Waals surface area contributed by atoms with Crippen LogP contribution in [0.3, 0.4) is 0 Å². The molecule has 2 aromatic rings. The van der Waals surface area contributed by atoms with Crippen molar-refractivity contribution < 1.29 is 14.3 Å². The molecule has 3 fully saturated rings. The van der Waals surface area contributed by atoms with Gasteiger partial charge in [-0.2, -0.15) is 5.10 Å². The first-order valence-electron chi connectivity index (χ1n) is 11.6. The lowest BCUT2D eigenvalue weighted by Gasteiger charge is -2.62. The summed E-state index contributed by atoms with van der Waals surface area (Å²) in [5.41, 5.74) is 1.34. The van der Waals surface area contributed by atoms with Crippen LogP contribution >= 0.6 is 11.6 Å². The highest BCUT2D eigenvalue weighted by Gasteiger charge is 2.56. The monoisotopic (exact) mass is 486 g/mol. The van der Waals surface area contributed by atoms with E-state index >= 15 is 0 Å². The molecule has 0 spiro atoms. The van der Waals surface area contributed by atoms with Crippen molar-refractivity contribution in [3.8, 4) is 0 Å². The Kier molecular flexibility index (Phi) is 6.71. The van der Waals surface area contributed by atoms with Crippen LogP contribution in [0.2, 0.25) is 5.02 Å². The topological polar surface area (TPSA) is 102 Å². The Morgan fingerprint density at radius 2 is 2.00 bits per heavy atom. The second-order valence-electron chi connectivity index (χ2n) is 9.97. The maximum Gasteiger partial charge on any atom is 0.338 e. The van der Waals surface area contributed by atoms with Crippen LogP contribution in [0.1, 0.15) is 49.5 Å². The standard InChI is InChI=1S/C25H31ClN4O4/c1-14-18-9-16(25(18,2)3)10-19(14)29-20-12-28-30(23(32)22(20)26)13-21(31)27-11-15-7-5-6-8-17(15)24(33)34-4/h5-8,12,14,16,18-19,29H,9-11,13H2,1-4H3,(H,27,31)/t14-,16+,18-,19-/m1/s1. The summed E-state index contributed by atoms with van der Waals surface area (Å²) in [5, 5.41) is 10.3. The van der Waals surface area contributed by atoms with E-state index in [4.69, 9.17) is 16.3 Å². The van der Waals surface area contributed by atoms with E-state index < -0.39 is 17.4 Å². The largest absolute Gasteiger partial charge is 0.465 e. The fraction of sp³-hybridized carbons (Fsp3) is 0.520. The van der Waals surface area contributed by atoms with Gasteiger partial charge in [-0.05, 0) is 47.6 Å². The van der Waals surface area contributed by atoms with Gasteiger partial charge in [0.2, 0.25) is 5.91 Å². The Morgan fingerprint density at radius 3 is 2.68 bits per heavy atom. The molecule has 4 atom stereocenters. The molecule has 0 unspecified atom stereocenters. The van der Waals surface area contributed by atoms with Gasteiger partial charge >= 0.3 is 5.97 Å². The molecule has 0 radical (unpaired) electrons. The Hall–Kier alpha value is -2.87. The van der Waals surface area contributed by atoms with Crippen molar-refractivity contribution in [1.29, 1.82) is 0 Å². The van der Waals surface area contributed by atoms with E-state index in [1.54, 1.807) is 24.3 Å². The van der Waals surface area contributed by atoms with Crippen LogP contribution in [0.4, 0.5) is 5.69 Å². The quantitative estimate of drug-likeness (QED) is 0.581. The average molecular weight is 487 g/mol. The lowest BCUT2D eigenvalue weighted by molar-refractivity contribution is -0.122. The molecule has 2 N–H and O–H groups in total. The number of amides is 1. The molecule has 5 rings (SSSR count). The molecule has 0 saturated heterocycles. The van der Waals surface area contributed by atoms with Crippen LogP contribution in [0.25, 0.3) is 0 Å². The van der Waals surface area contributed by atoms with E-state index in [-0.39, 0.29) is 24.2 Å². The number of hydrogen-bond acceptors (Lipinski definition) is 6. The number of ether oxygens (including phenoxy) is 1. The van der Waals surface area contributed by atoms with E-state index in [1.807, 2.05) is 0 Å². The number of aromatic nitrogens is 2. The number of carbonyl (C=O) groups excluding carboxylic acids is 2. The van der Waals surface area contributed by atoms with Gasteiger partial charge in [0, 0.05) is 12.6 Å². The van der Waals surface area contributed by atoms with E-state index in [0.29, 0.717) is 40.0 Å². The van der Waals surface area contributed by atoms with Gasteiger partial charge in [0.1, 0.15) is 11.6 Å². The molecule has 182 valence electrons. The number of carbonyl (C=O) groups is 2. The smallest absolute Gasteiger partial charge is 0.338 e. The molecule has 3 saturated carbocycles. The predicted octanol–water partition coefficient (Wildman–Crippen LogP) is 3.48. The number of rotatable bonds is 7. The van der Waals surface area contributed by atoms with Gasteiger partial charge in [-0.1, -0.05) is 50.6 Å². The number of esters is 1. The zero-order chi connectivity index (χ0) is 24.6. The van der Waals surface area contributed by atoms with E-state index in [0.717, 1.165) is 11.1 Å². The molecule has 3 aliphatic carbocycles. The third kappa shape index (κ3) is 4.43. The third-order valence-electron chi connectivity index (χ3n) is 7.87. The molecule has 8 nitrogen and oxygen atoms in total. The summed E-state index contributed by atoms with van der Waals surface area (Å²) < 4.78 is 5.81. The first-order chi connectivity index (χ1) is 16.1. The minimum Gasteiger partial charge on any atom is -0.465 e. The van der Waals surface area contributed by atoms with Gasteiger partial charge in [0.15, 0.2) is 0 Å². The van der Waals surface area contributed by atoms with Crippen molar-refractivity contribution in [2.75, 3.05) is 12.4 Å². The summed E-state index contributed by atoms with van der Waals surface area (Å²) >= 11 is 6.38. The Labute approximate surface area is 204 Å². The van der Waals surface area contributed by atoms with Crippen molar-refractivity contribution >= 4 is 29.2 Å². The normalized spacial score (nSPS) is 24.6. The van der Waals surface area contributed by atoms with Crippen LogP contribution in [0.5, 0.6) is 0 Å². The number of nitrogens with one attached hydrogen (secondary N) is 2. The van der Waals surface area contributed by atoms with Crippen molar-refractivity contribution in [3.05, 3.63) is 57.0 Å². The van der Waals surface area contributed by atoms with Crippen LogP contribution in [-0.2, 0) is 22.6 Å². The van der Waals surface area contributed by atoms with Gasteiger partial charge in [0.05, 0.1) is 24.6 Å². The lowest BCUT2D eigenvalue weighted by Crippen LogP contribution is -2.58. The number of anilines is 1. The average Bonchev–Trinajstić information content (AvgIpc) is 2.82. The number of methoxy groups -OCH3 is 1. The van der Waals surface area contributed by atoms with Crippen molar-refractivity contribution in [2.24, 2.45) is 23.2 Å². The summed E-state index contributed by atoms with van der Waals surface area (Å²) in [6, 6.07) is 7.08. The van der Waals surface area contributed by atoms with E-state index in [2.05, 4.69) is 36.5 Å². The minimum atomic E-state index is -0.522. The van der Waals surface area contributed by atoms with Crippen molar-refractivity contribution in [1.82, 2.24) is 15.1 Å². The summed E-state index contributed by atoms with van der Waals surface area (Å²) in [6.45, 7) is 6.77. The van der Waals surface area contributed by atoms with Crippen LogP contribution in [0.15, 0.2) is 35.3 Å². The first-order valence-corrected chi connectivity index (χ1v) is 12.0. The van der Waals surface area contributed by atoms with Crippen LogP contribution in [-0.4, -0.2) is 34.8 Å². The molecule has 9 heteroatoms. The Balaban J connectivity index is 1.39. The summed E-state index contributed by atoms with van der Waals surface area (Å²) in [6.07, 6.45) is 3.82. The number of nitrogens with zero attached hydrogens (tertiary/aromatic N) is 2. The highest BCUT2D eigenvalue weighted by molar-refractivity contribution is 6.32. The molecule has 0 aliphatic heterocycles. The Morgan fingerprint density at radius 1 is 1.26 bits per heavy atom. The molecule has 2 bridgehead atoms. The predicted molar refractivity (Wildman–Crippen MR) is 130 cm³/mol. The second-order valence-corrected chi connectivity index (χ2v) is 10.3. The summed E-state index contributed by atoms with van der Waals surface area (Å²) in [5.74, 6) is 0.896. The fourth-order valence-corrected chi connectivity index (χ4v) is 5.79.